The number of fused-ring (bicyclic) bond motifs is 1. The van der Waals surface area contributed by atoms with Gasteiger partial charge < -0.3 is 0 Å². The van der Waals surface area contributed by atoms with Gasteiger partial charge in [-0.25, -0.2) is 13.1 Å². The molecule has 0 spiro atoms. The monoisotopic (exact) mass is 147 g/mol. The summed E-state index contributed by atoms with van der Waals surface area (Å²) < 4.78 is 24.3. The molecule has 0 amide bonds. The van der Waals surface area contributed by atoms with Crippen LogP contribution in [-0.4, -0.2) is 20.2 Å². The normalized spacial score (nSPS) is 45.8. The van der Waals surface area contributed by atoms with E-state index >= 15 is 0 Å². The van der Waals surface area contributed by atoms with E-state index in [-0.39, 0.29) is 5.25 Å². The van der Waals surface area contributed by atoms with E-state index in [1.165, 1.54) is 0 Å². The SMILES string of the molecule is O=S1(=O)NCCC2CC21. The predicted molar refractivity (Wildman–Crippen MR) is 33.4 cm³/mol. The van der Waals surface area contributed by atoms with Gasteiger partial charge in [0.2, 0.25) is 10.0 Å². The molecule has 0 bridgehead atoms. The molecular formula is C5H9NO2S. The van der Waals surface area contributed by atoms with Gasteiger partial charge in [-0.2, -0.15) is 0 Å². The fourth-order valence-electron chi connectivity index (χ4n) is 1.40. The highest BCUT2D eigenvalue weighted by atomic mass is 32.2. The lowest BCUT2D eigenvalue weighted by Gasteiger charge is -2.10. The Morgan fingerprint density at radius 3 is 2.78 bits per heavy atom. The summed E-state index contributed by atoms with van der Waals surface area (Å²) in [5.74, 6) is 0.497. The first-order valence-electron chi connectivity index (χ1n) is 3.18. The highest BCUT2D eigenvalue weighted by Gasteiger charge is 2.49. The van der Waals surface area contributed by atoms with E-state index in [9.17, 15) is 8.42 Å². The zero-order valence-corrected chi connectivity index (χ0v) is 5.82. The first kappa shape index (κ1) is 5.68. The van der Waals surface area contributed by atoms with Crippen LogP contribution >= 0.6 is 0 Å². The summed E-state index contributed by atoms with van der Waals surface area (Å²) in [4.78, 5) is 0. The van der Waals surface area contributed by atoms with Crippen molar-refractivity contribution in [2.75, 3.05) is 6.54 Å². The molecule has 1 saturated heterocycles. The molecule has 1 saturated carbocycles. The molecule has 2 fully saturated rings. The number of hydrogen-bond donors (Lipinski definition) is 1. The zero-order valence-electron chi connectivity index (χ0n) is 5.00. The van der Waals surface area contributed by atoms with Crippen molar-refractivity contribution in [3.8, 4) is 0 Å². The quantitative estimate of drug-likeness (QED) is 0.511. The van der Waals surface area contributed by atoms with E-state index in [1.807, 2.05) is 0 Å². The molecule has 4 heteroatoms. The Balaban J connectivity index is 2.28. The van der Waals surface area contributed by atoms with Crippen LogP contribution in [0.2, 0.25) is 0 Å². The summed E-state index contributed by atoms with van der Waals surface area (Å²) in [5, 5.41) is -0.0220. The molecule has 2 unspecified atom stereocenters. The Morgan fingerprint density at radius 1 is 1.44 bits per heavy atom. The molecule has 0 aromatic rings. The molecule has 3 nitrogen and oxygen atoms in total. The Kier molecular flexibility index (Phi) is 0.941. The highest BCUT2D eigenvalue weighted by Crippen LogP contribution is 2.41. The Labute approximate surface area is 54.5 Å². The van der Waals surface area contributed by atoms with E-state index in [4.69, 9.17) is 0 Å². The molecule has 2 aliphatic rings. The molecular weight excluding hydrogens is 138 g/mol. The summed E-state index contributed by atoms with van der Waals surface area (Å²) in [6.07, 6.45) is 1.94. The van der Waals surface area contributed by atoms with Crippen molar-refractivity contribution in [3.05, 3.63) is 0 Å². The topological polar surface area (TPSA) is 46.2 Å². The second-order valence-corrected chi connectivity index (χ2v) is 4.75. The maximum absolute atomic E-state index is 10.9. The molecule has 9 heavy (non-hydrogen) atoms. The summed E-state index contributed by atoms with van der Waals surface area (Å²) in [6, 6.07) is 0. The van der Waals surface area contributed by atoms with Gasteiger partial charge in [0, 0.05) is 6.54 Å². The minimum Gasteiger partial charge on any atom is -0.215 e. The van der Waals surface area contributed by atoms with Gasteiger partial charge in [0.1, 0.15) is 0 Å². The summed E-state index contributed by atoms with van der Waals surface area (Å²) >= 11 is 0. The Bertz CT molecular complexity index is 221. The summed E-state index contributed by atoms with van der Waals surface area (Å²) in [6.45, 7) is 0.656. The second kappa shape index (κ2) is 1.49. The van der Waals surface area contributed by atoms with Crippen LogP contribution in [0.15, 0.2) is 0 Å². The van der Waals surface area contributed by atoms with Gasteiger partial charge in [-0.1, -0.05) is 0 Å². The molecule has 1 heterocycles. The third-order valence-corrected chi connectivity index (χ3v) is 4.06. The van der Waals surface area contributed by atoms with Crippen molar-refractivity contribution in [3.63, 3.8) is 0 Å². The van der Waals surface area contributed by atoms with Gasteiger partial charge in [0.05, 0.1) is 5.25 Å². The van der Waals surface area contributed by atoms with E-state index in [1.54, 1.807) is 0 Å². The lowest BCUT2D eigenvalue weighted by atomic mass is 10.3. The van der Waals surface area contributed by atoms with Gasteiger partial charge >= 0.3 is 0 Å². The molecule has 0 aromatic heterocycles. The molecule has 1 aliphatic carbocycles. The third-order valence-electron chi connectivity index (χ3n) is 2.07. The summed E-state index contributed by atoms with van der Waals surface area (Å²) in [5.41, 5.74) is 0. The minimum atomic E-state index is -2.84. The fourth-order valence-corrected chi connectivity index (χ4v) is 3.16. The predicted octanol–water partition coefficient (Wildman–Crippen LogP) is -0.302. The molecule has 2 atom stereocenters. The van der Waals surface area contributed by atoms with Crippen LogP contribution in [0, 0.1) is 5.92 Å². The van der Waals surface area contributed by atoms with Crippen molar-refractivity contribution >= 4 is 10.0 Å². The highest BCUT2D eigenvalue weighted by molar-refractivity contribution is 7.90. The van der Waals surface area contributed by atoms with Crippen LogP contribution in [-0.2, 0) is 10.0 Å². The van der Waals surface area contributed by atoms with Gasteiger partial charge in [-0.15, -0.1) is 0 Å². The first-order valence-corrected chi connectivity index (χ1v) is 4.73. The number of rotatable bonds is 0. The molecule has 52 valence electrons. The first-order chi connectivity index (χ1) is 4.20. The largest absolute Gasteiger partial charge is 0.215 e. The molecule has 0 aromatic carbocycles. The van der Waals surface area contributed by atoms with Crippen LogP contribution in [0.25, 0.3) is 0 Å². The van der Waals surface area contributed by atoms with Crippen molar-refractivity contribution in [2.24, 2.45) is 5.92 Å². The van der Waals surface area contributed by atoms with Gasteiger partial charge in [0.15, 0.2) is 0 Å². The van der Waals surface area contributed by atoms with Crippen LogP contribution in [0.1, 0.15) is 12.8 Å². The van der Waals surface area contributed by atoms with Crippen LogP contribution in [0.4, 0.5) is 0 Å². The maximum Gasteiger partial charge on any atom is 0.214 e. The van der Waals surface area contributed by atoms with Gasteiger partial charge in [0.25, 0.3) is 0 Å². The molecule has 2 rings (SSSR count). The number of hydrogen-bond acceptors (Lipinski definition) is 2. The fraction of sp³-hybridized carbons (Fsp3) is 1.00. The van der Waals surface area contributed by atoms with Gasteiger partial charge in [-0.3, -0.25) is 0 Å². The number of nitrogens with one attached hydrogen (secondary N) is 1. The third kappa shape index (κ3) is 0.773. The Morgan fingerprint density at radius 2 is 2.22 bits per heavy atom. The second-order valence-electron chi connectivity index (χ2n) is 2.76. The lowest BCUT2D eigenvalue weighted by Crippen LogP contribution is -2.33. The van der Waals surface area contributed by atoms with Crippen LogP contribution in [0.5, 0.6) is 0 Å². The smallest absolute Gasteiger partial charge is 0.214 e. The van der Waals surface area contributed by atoms with Crippen molar-refractivity contribution in [2.45, 2.75) is 18.1 Å². The molecule has 0 radical (unpaired) electrons. The van der Waals surface area contributed by atoms with Crippen molar-refractivity contribution < 1.29 is 8.42 Å². The number of sulfonamides is 1. The van der Waals surface area contributed by atoms with Gasteiger partial charge in [-0.05, 0) is 18.8 Å². The average molecular weight is 147 g/mol. The average Bonchev–Trinajstić information content (AvgIpc) is 2.43. The van der Waals surface area contributed by atoms with E-state index in [0.29, 0.717) is 12.5 Å². The van der Waals surface area contributed by atoms with E-state index in [2.05, 4.69) is 4.72 Å². The van der Waals surface area contributed by atoms with E-state index < -0.39 is 10.0 Å². The maximum atomic E-state index is 10.9. The Hall–Kier alpha value is -0.0900. The lowest BCUT2D eigenvalue weighted by molar-refractivity contribution is 0.556. The van der Waals surface area contributed by atoms with E-state index in [0.717, 1.165) is 12.8 Å². The summed E-state index contributed by atoms with van der Waals surface area (Å²) in [7, 11) is -2.84. The molecule has 1 N–H and O–H groups in total. The molecule has 1 aliphatic heterocycles. The van der Waals surface area contributed by atoms with Crippen LogP contribution < -0.4 is 4.72 Å². The zero-order chi connectivity index (χ0) is 6.48. The minimum absolute atomic E-state index is 0.0220. The van der Waals surface area contributed by atoms with Crippen LogP contribution in [0.3, 0.4) is 0 Å². The van der Waals surface area contributed by atoms with Crippen molar-refractivity contribution in [1.82, 2.24) is 4.72 Å². The van der Waals surface area contributed by atoms with Crippen molar-refractivity contribution in [1.29, 1.82) is 0 Å². The standard InChI is InChI=1S/C5H9NO2S/c7-9(8)5-3-4(5)1-2-6-9/h4-6H,1-3H2.